The molecule has 0 atom stereocenters. The van der Waals surface area contributed by atoms with Crippen molar-refractivity contribution in [1.82, 2.24) is 14.5 Å². The third-order valence-corrected chi connectivity index (χ3v) is 12.6. The third kappa shape index (κ3) is 8.61. The number of benzene rings is 8. The number of halogens is 1. The first-order valence-corrected chi connectivity index (χ1v) is 22.6. The average molecular weight is 1060 g/mol. The molecular formula is C61H52FIrN3O-2. The molecule has 0 amide bonds. The van der Waals surface area contributed by atoms with E-state index >= 15 is 0 Å². The fourth-order valence-electron chi connectivity index (χ4n) is 9.06. The van der Waals surface area contributed by atoms with Crippen molar-refractivity contribution in [3.8, 4) is 39.5 Å². The average Bonchev–Trinajstić information content (AvgIpc) is 3.91. The number of aromatic nitrogens is 3. The van der Waals surface area contributed by atoms with Crippen LogP contribution in [0.4, 0.5) is 4.39 Å². The molecule has 0 fully saturated rings. The summed E-state index contributed by atoms with van der Waals surface area (Å²) in [4.78, 5) is 9.66. The second kappa shape index (κ2) is 18.2. The van der Waals surface area contributed by atoms with Gasteiger partial charge in [-0.1, -0.05) is 144 Å². The molecule has 0 N–H and O–H groups in total. The first kappa shape index (κ1) is 41.7. The van der Waals surface area contributed by atoms with Gasteiger partial charge in [0.05, 0.1) is 22.4 Å². The third-order valence-electron chi connectivity index (χ3n) is 12.6. The van der Waals surface area contributed by atoms with Crippen LogP contribution in [0.25, 0.3) is 94.0 Å². The standard InChI is InChI=1S/C46H37N2O.C15H15FN.Ir/c1-27(2)37-24-33(30-12-7-6-8-13-30)25-38(28(3)4)44(37)48-42-22-29(5)18-21-41(42)47-46(48)36-17-11-16-35-40-23-32-20-19-31-14-9-10-15-34(31)39(32)26-43(40)49-45(35)36;1-15(2,3)12-6-9-14(17-10-12)11-4-7-13(16)8-5-11;/h6-16,18-28H,1-5H3;4,6-10H,1-3H3;/q2*-1;/i5D3;;. The zero-order valence-electron chi connectivity index (χ0n) is 41.6. The van der Waals surface area contributed by atoms with Gasteiger partial charge >= 0.3 is 0 Å². The minimum atomic E-state index is -2.28. The predicted molar refractivity (Wildman–Crippen MR) is 273 cm³/mol. The van der Waals surface area contributed by atoms with Crippen molar-refractivity contribution < 1.29 is 33.0 Å². The van der Waals surface area contributed by atoms with Crippen molar-refractivity contribution in [1.29, 1.82) is 0 Å². The summed E-state index contributed by atoms with van der Waals surface area (Å²) in [6.07, 6.45) is 1.87. The first-order valence-electron chi connectivity index (χ1n) is 24.1. The maximum Gasteiger partial charge on any atom is 0.121 e. The summed E-state index contributed by atoms with van der Waals surface area (Å²) in [7, 11) is 0. The molecule has 335 valence electrons. The fourth-order valence-corrected chi connectivity index (χ4v) is 9.06. The Hall–Kier alpha value is -6.72. The number of fused-ring (bicyclic) bond motifs is 7. The van der Waals surface area contributed by atoms with Gasteiger partial charge in [0, 0.05) is 47.3 Å². The van der Waals surface area contributed by atoms with Crippen LogP contribution in [-0.4, -0.2) is 14.5 Å². The van der Waals surface area contributed by atoms with Gasteiger partial charge in [0.1, 0.15) is 5.58 Å². The molecule has 4 nitrogen and oxygen atoms in total. The Balaban J connectivity index is 0.000000286. The second-order valence-electron chi connectivity index (χ2n) is 18.8. The minimum absolute atomic E-state index is 0. The van der Waals surface area contributed by atoms with Crippen LogP contribution >= 0.6 is 0 Å². The van der Waals surface area contributed by atoms with Gasteiger partial charge in [-0.05, 0) is 121 Å². The first-order chi connectivity index (χ1) is 33.0. The number of aryl methyl sites for hydroxylation is 1. The Bertz CT molecular complexity index is 3670. The molecule has 1 radical (unpaired) electrons. The van der Waals surface area contributed by atoms with E-state index in [1.165, 1.54) is 28.5 Å². The molecule has 3 heterocycles. The number of rotatable bonds is 6. The molecule has 0 aliphatic carbocycles. The van der Waals surface area contributed by atoms with Crippen LogP contribution in [0.1, 0.15) is 86.7 Å². The molecule has 0 bridgehead atoms. The Morgan fingerprint density at radius 1 is 0.687 bits per heavy atom. The molecule has 0 aliphatic heterocycles. The zero-order valence-corrected chi connectivity index (χ0v) is 41.0. The molecule has 0 saturated heterocycles. The van der Waals surface area contributed by atoms with Gasteiger partial charge in [-0.25, -0.2) is 0 Å². The summed E-state index contributed by atoms with van der Waals surface area (Å²) in [5.41, 5.74) is 12.5. The summed E-state index contributed by atoms with van der Waals surface area (Å²) in [6, 6.07) is 56.3. The molecule has 3 aromatic heterocycles. The van der Waals surface area contributed by atoms with Gasteiger partial charge in [0.15, 0.2) is 0 Å². The zero-order chi connectivity index (χ0) is 48.4. The Morgan fingerprint density at radius 2 is 1.43 bits per heavy atom. The number of hydrogen-bond donors (Lipinski definition) is 0. The normalized spacial score (nSPS) is 12.7. The smallest absolute Gasteiger partial charge is 0.121 e. The van der Waals surface area contributed by atoms with Crippen LogP contribution < -0.4 is 0 Å². The fraction of sp³-hybridized carbons (Fsp3) is 0.180. The van der Waals surface area contributed by atoms with E-state index in [-0.39, 0.29) is 48.7 Å². The van der Waals surface area contributed by atoms with E-state index in [0.29, 0.717) is 16.9 Å². The number of hydrogen-bond acceptors (Lipinski definition) is 3. The topological polar surface area (TPSA) is 43.9 Å². The van der Waals surface area contributed by atoms with E-state index < -0.39 is 6.85 Å². The number of nitrogens with zero attached hydrogens (tertiary/aromatic N) is 3. The molecule has 0 saturated carbocycles. The van der Waals surface area contributed by atoms with Crippen LogP contribution in [-0.2, 0) is 25.5 Å². The Labute approximate surface area is 410 Å². The Morgan fingerprint density at radius 3 is 2.12 bits per heavy atom. The molecule has 67 heavy (non-hydrogen) atoms. The summed E-state index contributed by atoms with van der Waals surface area (Å²) in [5.74, 6) is 0.689. The largest absolute Gasteiger partial charge is 0.501 e. The van der Waals surface area contributed by atoms with Crippen molar-refractivity contribution in [2.45, 2.75) is 72.6 Å². The van der Waals surface area contributed by atoms with E-state index in [1.54, 1.807) is 18.2 Å². The molecule has 11 rings (SSSR count). The molecule has 8 aromatic carbocycles. The van der Waals surface area contributed by atoms with E-state index in [2.05, 4.69) is 167 Å². The van der Waals surface area contributed by atoms with Crippen molar-refractivity contribution in [3.05, 3.63) is 198 Å². The monoisotopic (exact) mass is 1060 g/mol. The van der Waals surface area contributed by atoms with Gasteiger partial charge in [-0.3, -0.25) is 9.37 Å². The van der Waals surface area contributed by atoms with Gasteiger partial charge in [0.2, 0.25) is 0 Å². The van der Waals surface area contributed by atoms with Crippen LogP contribution in [0.2, 0.25) is 0 Å². The second-order valence-corrected chi connectivity index (χ2v) is 18.8. The van der Waals surface area contributed by atoms with Crippen molar-refractivity contribution in [3.63, 3.8) is 0 Å². The molecule has 6 heteroatoms. The molecule has 0 unspecified atom stereocenters. The molecule has 0 aliphatic rings. The maximum atomic E-state index is 12.8. The minimum Gasteiger partial charge on any atom is -0.501 e. The van der Waals surface area contributed by atoms with Crippen LogP contribution in [0.5, 0.6) is 0 Å². The van der Waals surface area contributed by atoms with E-state index in [9.17, 15) is 4.39 Å². The van der Waals surface area contributed by atoms with E-state index in [4.69, 9.17) is 13.5 Å². The maximum absolute atomic E-state index is 12.8. The van der Waals surface area contributed by atoms with Crippen LogP contribution in [0.15, 0.2) is 162 Å². The van der Waals surface area contributed by atoms with Crippen molar-refractivity contribution in [2.24, 2.45) is 0 Å². The van der Waals surface area contributed by atoms with E-state index in [1.807, 2.05) is 30.5 Å². The number of imidazole rings is 1. The SMILES string of the molecule is CC(C)(C)c1ccc(-c2[c-]cc(F)cc2)nc1.[2H]C([2H])([2H])c1ccc2nc(-c3[c-]ccc4c3oc3cc5c(ccc6ccccc65)cc34)n(-c3c(C(C)C)cc(-c4ccccc4)cc3C(C)C)c2c1.[Ir]. The molecular weight excluding hydrogens is 1000 g/mol. The van der Waals surface area contributed by atoms with Gasteiger partial charge in [0.25, 0.3) is 0 Å². The van der Waals surface area contributed by atoms with Crippen LogP contribution in [0, 0.1) is 24.8 Å². The summed E-state index contributed by atoms with van der Waals surface area (Å²) in [5, 5.41) is 6.66. The van der Waals surface area contributed by atoms with Gasteiger partial charge < -0.3 is 14.0 Å². The van der Waals surface area contributed by atoms with Gasteiger partial charge in [-0.15, -0.1) is 48.0 Å². The van der Waals surface area contributed by atoms with E-state index in [0.717, 1.165) is 77.4 Å². The quantitative estimate of drug-likeness (QED) is 0.123. The van der Waals surface area contributed by atoms with Crippen molar-refractivity contribution in [2.75, 3.05) is 0 Å². The number of furan rings is 1. The predicted octanol–water partition coefficient (Wildman–Crippen LogP) is 16.9. The Kier molecular flexibility index (Phi) is 11.3. The van der Waals surface area contributed by atoms with Gasteiger partial charge in [-0.2, -0.15) is 0 Å². The summed E-state index contributed by atoms with van der Waals surface area (Å²) in [6.45, 7) is 13.0. The van der Waals surface area contributed by atoms with Crippen molar-refractivity contribution >= 4 is 54.5 Å². The summed E-state index contributed by atoms with van der Waals surface area (Å²) < 4.78 is 46.7. The number of pyridine rings is 1. The molecule has 0 spiro atoms. The molecule has 11 aromatic rings. The summed E-state index contributed by atoms with van der Waals surface area (Å²) >= 11 is 0. The van der Waals surface area contributed by atoms with Crippen LogP contribution in [0.3, 0.4) is 0 Å².